The lowest BCUT2D eigenvalue weighted by Gasteiger charge is -2.16. The molecule has 3 aromatic rings. The number of rotatable bonds is 7. The van der Waals surface area contributed by atoms with E-state index in [0.29, 0.717) is 0 Å². The van der Waals surface area contributed by atoms with Crippen molar-refractivity contribution in [1.82, 2.24) is 15.0 Å². The molecule has 0 aliphatic rings. The molecule has 3 N–H and O–H groups in total. The molecular formula is C23H27N3O3S. The van der Waals surface area contributed by atoms with Gasteiger partial charge in [0.2, 0.25) is 10.0 Å². The Hall–Kier alpha value is -2.90. The molecule has 1 heterocycles. The van der Waals surface area contributed by atoms with E-state index < -0.39 is 16.1 Å². The molecule has 0 saturated heterocycles. The molecule has 0 aliphatic carbocycles. The van der Waals surface area contributed by atoms with Gasteiger partial charge in [-0.05, 0) is 56.0 Å². The van der Waals surface area contributed by atoms with Gasteiger partial charge >= 0.3 is 0 Å². The van der Waals surface area contributed by atoms with Gasteiger partial charge in [0.25, 0.3) is 5.91 Å². The molecule has 3 rings (SSSR count). The topological polar surface area (TPSA) is 91.1 Å². The first-order chi connectivity index (χ1) is 14.2. The van der Waals surface area contributed by atoms with E-state index in [4.69, 9.17) is 0 Å². The van der Waals surface area contributed by atoms with Gasteiger partial charge in [0.1, 0.15) is 10.6 Å². The summed E-state index contributed by atoms with van der Waals surface area (Å²) in [7, 11) is -3.79. The Morgan fingerprint density at radius 1 is 0.900 bits per heavy atom. The number of amides is 1. The Morgan fingerprint density at radius 3 is 2.00 bits per heavy atom. The largest absolute Gasteiger partial charge is 0.356 e. The number of sulfonamides is 1. The lowest BCUT2D eigenvalue weighted by molar-refractivity contribution is 0.0935. The second-order valence-electron chi connectivity index (χ2n) is 7.50. The fraction of sp³-hybridized carbons (Fsp3) is 0.261. The minimum Gasteiger partial charge on any atom is -0.356 e. The van der Waals surface area contributed by atoms with Crippen LogP contribution in [0.1, 0.15) is 58.7 Å². The van der Waals surface area contributed by atoms with Crippen LogP contribution in [0.2, 0.25) is 0 Å². The molecular weight excluding hydrogens is 398 g/mol. The van der Waals surface area contributed by atoms with Crippen molar-refractivity contribution in [3.8, 4) is 0 Å². The Morgan fingerprint density at radius 2 is 1.43 bits per heavy atom. The third-order valence-corrected chi connectivity index (χ3v) is 6.72. The van der Waals surface area contributed by atoms with E-state index in [1.807, 2.05) is 69.3 Å². The molecule has 0 unspecified atom stereocenters. The van der Waals surface area contributed by atoms with Crippen LogP contribution in [-0.2, 0) is 10.0 Å². The van der Waals surface area contributed by atoms with E-state index in [2.05, 4.69) is 15.0 Å². The third kappa shape index (κ3) is 4.80. The molecule has 1 aromatic heterocycles. The zero-order valence-corrected chi connectivity index (χ0v) is 18.4. The number of benzene rings is 2. The van der Waals surface area contributed by atoms with Gasteiger partial charge in [-0.2, -0.15) is 0 Å². The highest BCUT2D eigenvalue weighted by Gasteiger charge is 2.22. The molecule has 0 aliphatic heterocycles. The van der Waals surface area contributed by atoms with Gasteiger partial charge in [0, 0.05) is 12.2 Å². The highest BCUT2D eigenvalue weighted by molar-refractivity contribution is 7.89. The number of aryl methyl sites for hydroxylation is 2. The van der Waals surface area contributed by atoms with Crippen LogP contribution in [0.4, 0.5) is 0 Å². The summed E-state index contributed by atoms with van der Waals surface area (Å²) >= 11 is 0. The summed E-state index contributed by atoms with van der Waals surface area (Å²) in [5.74, 6) is -0.362. The summed E-state index contributed by atoms with van der Waals surface area (Å²) in [6.07, 6.45) is 1.33. The van der Waals surface area contributed by atoms with Gasteiger partial charge in [-0.3, -0.25) is 4.79 Å². The highest BCUT2D eigenvalue weighted by atomic mass is 32.2. The Balaban J connectivity index is 1.72. The van der Waals surface area contributed by atoms with Gasteiger partial charge in [0.15, 0.2) is 0 Å². The van der Waals surface area contributed by atoms with Crippen molar-refractivity contribution in [3.63, 3.8) is 0 Å². The predicted molar refractivity (Wildman–Crippen MR) is 118 cm³/mol. The molecule has 6 nitrogen and oxygen atoms in total. The normalized spacial score (nSPS) is 13.6. The zero-order valence-electron chi connectivity index (χ0n) is 17.6. The second kappa shape index (κ2) is 8.85. The summed E-state index contributed by atoms with van der Waals surface area (Å²) in [6.45, 7) is 7.61. The van der Waals surface area contributed by atoms with Gasteiger partial charge < -0.3 is 10.3 Å². The summed E-state index contributed by atoms with van der Waals surface area (Å²) in [6, 6.07) is 16.2. The standard InChI is InChI=1S/C23H27N3O3S/c1-15-9-5-7-11-20(15)17(3)25-23(27)22-13-19(14-24-22)30(28,29)26-18(4)21-12-8-6-10-16(21)2/h5-14,17-18,24,26H,1-4H3,(H,25,27)/t17-,18+/m1/s1. The van der Waals surface area contributed by atoms with Crippen LogP contribution < -0.4 is 10.0 Å². The number of carbonyl (C=O) groups excluding carboxylic acids is 1. The SMILES string of the molecule is Cc1ccccc1[C@H](C)NS(=O)(=O)c1c[nH]c(C(=O)N[C@H](C)c2ccccc2C)c1. The molecule has 0 bridgehead atoms. The number of aromatic amines is 1. The van der Waals surface area contributed by atoms with Crippen LogP contribution in [0.25, 0.3) is 0 Å². The zero-order chi connectivity index (χ0) is 21.9. The van der Waals surface area contributed by atoms with Crippen LogP contribution >= 0.6 is 0 Å². The number of aromatic nitrogens is 1. The maximum atomic E-state index is 12.8. The van der Waals surface area contributed by atoms with Gasteiger partial charge in [0.05, 0.1) is 6.04 Å². The van der Waals surface area contributed by atoms with E-state index >= 15 is 0 Å². The summed E-state index contributed by atoms with van der Waals surface area (Å²) < 4.78 is 28.3. The molecule has 0 spiro atoms. The van der Waals surface area contributed by atoms with E-state index in [1.54, 1.807) is 6.92 Å². The summed E-state index contributed by atoms with van der Waals surface area (Å²) in [5.41, 5.74) is 4.20. The van der Waals surface area contributed by atoms with Crippen LogP contribution in [0.5, 0.6) is 0 Å². The lowest BCUT2D eigenvalue weighted by Crippen LogP contribution is -2.28. The minimum atomic E-state index is -3.79. The number of H-pyrrole nitrogens is 1. The molecule has 2 atom stereocenters. The van der Waals surface area contributed by atoms with Crippen molar-refractivity contribution < 1.29 is 13.2 Å². The molecule has 0 saturated carbocycles. The minimum absolute atomic E-state index is 0.0247. The molecule has 158 valence electrons. The number of nitrogens with one attached hydrogen (secondary N) is 3. The second-order valence-corrected chi connectivity index (χ2v) is 9.21. The molecule has 30 heavy (non-hydrogen) atoms. The van der Waals surface area contributed by atoms with Crippen molar-refractivity contribution in [1.29, 1.82) is 0 Å². The van der Waals surface area contributed by atoms with Crippen LogP contribution in [0.15, 0.2) is 65.7 Å². The average Bonchev–Trinajstić information content (AvgIpc) is 3.19. The average molecular weight is 426 g/mol. The van der Waals surface area contributed by atoms with E-state index in [9.17, 15) is 13.2 Å². The van der Waals surface area contributed by atoms with E-state index in [-0.39, 0.29) is 22.5 Å². The monoisotopic (exact) mass is 425 g/mol. The molecule has 0 radical (unpaired) electrons. The van der Waals surface area contributed by atoms with Crippen molar-refractivity contribution >= 4 is 15.9 Å². The van der Waals surface area contributed by atoms with Crippen molar-refractivity contribution in [3.05, 3.63) is 88.7 Å². The highest BCUT2D eigenvalue weighted by Crippen LogP contribution is 2.21. The van der Waals surface area contributed by atoms with Crippen LogP contribution in [0, 0.1) is 13.8 Å². The first kappa shape index (κ1) is 21.8. The van der Waals surface area contributed by atoms with Gasteiger partial charge in [-0.15, -0.1) is 0 Å². The van der Waals surface area contributed by atoms with Crippen LogP contribution in [0.3, 0.4) is 0 Å². The van der Waals surface area contributed by atoms with Crippen molar-refractivity contribution in [2.24, 2.45) is 0 Å². The molecule has 0 fully saturated rings. The Bertz CT molecular complexity index is 1150. The van der Waals surface area contributed by atoms with E-state index in [1.165, 1.54) is 12.3 Å². The van der Waals surface area contributed by atoms with Gasteiger partial charge in [-0.1, -0.05) is 48.5 Å². The lowest BCUT2D eigenvalue weighted by atomic mass is 10.0. The molecule has 7 heteroatoms. The summed E-state index contributed by atoms with van der Waals surface area (Å²) in [4.78, 5) is 15.4. The van der Waals surface area contributed by atoms with Crippen molar-refractivity contribution in [2.45, 2.75) is 44.7 Å². The fourth-order valence-corrected chi connectivity index (χ4v) is 4.74. The van der Waals surface area contributed by atoms with E-state index in [0.717, 1.165) is 22.3 Å². The fourth-order valence-electron chi connectivity index (χ4n) is 3.52. The smallest absolute Gasteiger partial charge is 0.268 e. The predicted octanol–water partition coefficient (Wildman–Crippen LogP) is 4.16. The van der Waals surface area contributed by atoms with Crippen molar-refractivity contribution in [2.75, 3.05) is 0 Å². The summed E-state index contributed by atoms with van der Waals surface area (Å²) in [5, 5.41) is 2.91. The number of hydrogen-bond donors (Lipinski definition) is 3. The molecule has 1 amide bonds. The van der Waals surface area contributed by atoms with Crippen LogP contribution in [-0.4, -0.2) is 19.3 Å². The maximum absolute atomic E-state index is 12.8. The quantitative estimate of drug-likeness (QED) is 0.531. The first-order valence-electron chi connectivity index (χ1n) is 9.81. The number of carbonyl (C=O) groups is 1. The Kier molecular flexibility index (Phi) is 6.43. The third-order valence-electron chi connectivity index (χ3n) is 5.20. The Labute approximate surface area is 177 Å². The number of hydrogen-bond acceptors (Lipinski definition) is 3. The first-order valence-corrected chi connectivity index (χ1v) is 11.3. The van der Waals surface area contributed by atoms with Gasteiger partial charge in [-0.25, -0.2) is 13.1 Å². The maximum Gasteiger partial charge on any atom is 0.268 e. The molecule has 2 aromatic carbocycles.